The summed E-state index contributed by atoms with van der Waals surface area (Å²) in [5, 5.41) is 1.54. The minimum atomic E-state index is -1.22. The van der Waals surface area contributed by atoms with Crippen molar-refractivity contribution in [3.05, 3.63) is 54.6 Å². The molecule has 2 aromatic carbocycles. The maximum atomic E-state index is 2.56. The monoisotopic (exact) mass is 309 g/mol. The molecule has 3 rings (SSSR count). The van der Waals surface area contributed by atoms with Gasteiger partial charge < -0.3 is 4.90 Å². The first-order valence-electron chi connectivity index (χ1n) is 8.50. The molecule has 0 spiro atoms. The first-order valence-corrected chi connectivity index (χ1v) is 12.0. The summed E-state index contributed by atoms with van der Waals surface area (Å²) in [7, 11) is -1.22. The average molecular weight is 310 g/mol. The third-order valence-electron chi connectivity index (χ3n) is 4.74. The molecule has 1 saturated carbocycles. The van der Waals surface area contributed by atoms with Gasteiger partial charge in [-0.1, -0.05) is 68.0 Å². The van der Waals surface area contributed by atoms with Gasteiger partial charge in [0.05, 0.1) is 8.07 Å². The number of hydrogen-bond donors (Lipinski definition) is 0. The fraction of sp³-hybridized carbons (Fsp3) is 0.400. The molecule has 0 aromatic heterocycles. The molecule has 1 aliphatic rings. The van der Waals surface area contributed by atoms with E-state index in [2.05, 4.69) is 79.1 Å². The van der Waals surface area contributed by atoms with Crippen molar-refractivity contribution in [2.75, 3.05) is 4.90 Å². The number of benzene rings is 2. The van der Waals surface area contributed by atoms with Gasteiger partial charge in [-0.3, -0.25) is 0 Å². The normalized spacial score (nSPS) is 16.0. The van der Waals surface area contributed by atoms with Crippen LogP contribution in [0.4, 0.5) is 11.4 Å². The van der Waals surface area contributed by atoms with Gasteiger partial charge in [-0.05, 0) is 37.1 Å². The third kappa shape index (κ3) is 3.27. The van der Waals surface area contributed by atoms with Gasteiger partial charge in [-0.2, -0.15) is 0 Å². The van der Waals surface area contributed by atoms with Gasteiger partial charge in [0.25, 0.3) is 0 Å². The van der Waals surface area contributed by atoms with Gasteiger partial charge in [-0.15, -0.1) is 0 Å². The average Bonchev–Trinajstić information content (AvgIpc) is 3.02. The van der Waals surface area contributed by atoms with Gasteiger partial charge in [0.1, 0.15) is 0 Å². The topological polar surface area (TPSA) is 3.24 Å². The minimum absolute atomic E-state index is 0.653. The number of hydrogen-bond acceptors (Lipinski definition) is 1. The summed E-state index contributed by atoms with van der Waals surface area (Å²) in [4.78, 5) is 2.56. The van der Waals surface area contributed by atoms with Crippen LogP contribution in [0.2, 0.25) is 19.6 Å². The molecular weight excluding hydrogens is 282 g/mol. The summed E-state index contributed by atoms with van der Waals surface area (Å²) in [5.74, 6) is 0. The molecule has 1 nitrogen and oxygen atoms in total. The van der Waals surface area contributed by atoms with E-state index in [4.69, 9.17) is 0 Å². The number of nitrogens with zero attached hydrogens (tertiary/aromatic N) is 1. The summed E-state index contributed by atoms with van der Waals surface area (Å²) in [6.07, 6.45) is 5.34. The van der Waals surface area contributed by atoms with Crippen molar-refractivity contribution >= 4 is 24.6 Å². The van der Waals surface area contributed by atoms with E-state index in [1.54, 1.807) is 0 Å². The van der Waals surface area contributed by atoms with Gasteiger partial charge in [0, 0.05) is 17.4 Å². The molecule has 0 atom stereocenters. The van der Waals surface area contributed by atoms with Crippen molar-refractivity contribution in [1.82, 2.24) is 0 Å². The molecule has 0 radical (unpaired) electrons. The lowest BCUT2D eigenvalue weighted by atomic mass is 10.1. The standard InChI is InChI=1S/C20H27NSi/c1-22(2,3)20-15-13-19(14-16-20)21(18-11-7-8-12-18)17-9-5-4-6-10-17/h4-6,9-10,13-16,18H,7-8,11-12H2,1-3H3. The van der Waals surface area contributed by atoms with Crippen LogP contribution < -0.4 is 10.1 Å². The van der Waals surface area contributed by atoms with E-state index >= 15 is 0 Å². The molecule has 116 valence electrons. The van der Waals surface area contributed by atoms with E-state index in [-0.39, 0.29) is 0 Å². The van der Waals surface area contributed by atoms with Crippen molar-refractivity contribution in [1.29, 1.82) is 0 Å². The predicted molar refractivity (Wildman–Crippen MR) is 100 cm³/mol. The SMILES string of the molecule is C[Si](C)(C)c1ccc(N(c2ccccc2)C2CCCC2)cc1. The van der Waals surface area contributed by atoms with Gasteiger partial charge in [0.2, 0.25) is 0 Å². The molecule has 0 aliphatic heterocycles. The first-order chi connectivity index (χ1) is 10.6. The molecule has 1 fully saturated rings. The van der Waals surface area contributed by atoms with Crippen molar-refractivity contribution in [2.45, 2.75) is 51.4 Å². The zero-order chi connectivity index (χ0) is 15.6. The van der Waals surface area contributed by atoms with Crippen LogP contribution in [0.15, 0.2) is 54.6 Å². The van der Waals surface area contributed by atoms with E-state index < -0.39 is 8.07 Å². The van der Waals surface area contributed by atoms with Crippen molar-refractivity contribution < 1.29 is 0 Å². The highest BCUT2D eigenvalue weighted by molar-refractivity contribution is 6.88. The molecule has 0 amide bonds. The number of para-hydroxylation sites is 1. The smallest absolute Gasteiger partial charge is 0.0775 e. The summed E-state index contributed by atoms with van der Waals surface area (Å²) < 4.78 is 0. The summed E-state index contributed by atoms with van der Waals surface area (Å²) in [6, 6.07) is 20.9. The number of anilines is 2. The fourth-order valence-electron chi connectivity index (χ4n) is 3.44. The van der Waals surface area contributed by atoms with E-state index in [0.29, 0.717) is 6.04 Å². The molecule has 2 aromatic rings. The molecule has 1 aliphatic carbocycles. The second kappa shape index (κ2) is 6.29. The highest BCUT2D eigenvalue weighted by atomic mass is 28.3. The first kappa shape index (κ1) is 15.4. The quantitative estimate of drug-likeness (QED) is 0.692. The van der Waals surface area contributed by atoms with E-state index in [1.165, 1.54) is 42.2 Å². The molecule has 0 saturated heterocycles. The minimum Gasteiger partial charge on any atom is -0.338 e. The Morgan fingerprint density at radius 2 is 1.32 bits per heavy atom. The molecule has 0 unspecified atom stereocenters. The van der Waals surface area contributed by atoms with E-state index in [9.17, 15) is 0 Å². The third-order valence-corrected chi connectivity index (χ3v) is 6.80. The van der Waals surface area contributed by atoms with E-state index in [1.807, 2.05) is 0 Å². The van der Waals surface area contributed by atoms with Gasteiger partial charge in [0.15, 0.2) is 0 Å². The Labute approximate surface area is 136 Å². The van der Waals surface area contributed by atoms with Crippen LogP contribution in [0.3, 0.4) is 0 Å². The van der Waals surface area contributed by atoms with Crippen LogP contribution in [-0.2, 0) is 0 Å². The number of rotatable bonds is 4. The Balaban J connectivity index is 1.95. The summed E-state index contributed by atoms with van der Waals surface area (Å²) in [6.45, 7) is 7.23. The van der Waals surface area contributed by atoms with Crippen LogP contribution >= 0.6 is 0 Å². The molecular formula is C20H27NSi. The Bertz CT molecular complexity index is 592. The zero-order valence-electron chi connectivity index (χ0n) is 14.0. The van der Waals surface area contributed by atoms with Gasteiger partial charge in [-0.25, -0.2) is 0 Å². The molecule has 0 bridgehead atoms. The van der Waals surface area contributed by atoms with E-state index in [0.717, 1.165) is 0 Å². The Kier molecular flexibility index (Phi) is 4.39. The van der Waals surface area contributed by atoms with Crippen LogP contribution in [0, 0.1) is 0 Å². The summed E-state index contributed by atoms with van der Waals surface area (Å²) in [5.41, 5.74) is 2.68. The van der Waals surface area contributed by atoms with Crippen LogP contribution in [-0.4, -0.2) is 14.1 Å². The lowest BCUT2D eigenvalue weighted by molar-refractivity contribution is 0.678. The zero-order valence-corrected chi connectivity index (χ0v) is 15.0. The highest BCUT2D eigenvalue weighted by Gasteiger charge is 2.24. The molecule has 0 N–H and O–H groups in total. The summed E-state index contributed by atoms with van der Waals surface area (Å²) >= 11 is 0. The molecule has 2 heteroatoms. The Morgan fingerprint density at radius 1 is 0.773 bits per heavy atom. The van der Waals surface area contributed by atoms with Crippen molar-refractivity contribution in [3.63, 3.8) is 0 Å². The second-order valence-electron chi connectivity index (χ2n) is 7.44. The molecule has 0 heterocycles. The Morgan fingerprint density at radius 3 is 1.86 bits per heavy atom. The van der Waals surface area contributed by atoms with Crippen LogP contribution in [0.25, 0.3) is 0 Å². The largest absolute Gasteiger partial charge is 0.338 e. The predicted octanol–water partition coefficient (Wildman–Crippen LogP) is 5.31. The lowest BCUT2D eigenvalue weighted by Gasteiger charge is -2.32. The van der Waals surface area contributed by atoms with Crippen molar-refractivity contribution in [3.8, 4) is 0 Å². The van der Waals surface area contributed by atoms with Gasteiger partial charge >= 0.3 is 0 Å². The highest BCUT2D eigenvalue weighted by Crippen LogP contribution is 2.34. The Hall–Kier alpha value is -1.54. The van der Waals surface area contributed by atoms with Crippen molar-refractivity contribution in [2.24, 2.45) is 0 Å². The second-order valence-corrected chi connectivity index (χ2v) is 12.5. The fourth-order valence-corrected chi connectivity index (χ4v) is 4.61. The van der Waals surface area contributed by atoms with Crippen LogP contribution in [0.5, 0.6) is 0 Å². The maximum Gasteiger partial charge on any atom is 0.0775 e. The van der Waals surface area contributed by atoms with Crippen LogP contribution in [0.1, 0.15) is 25.7 Å². The molecule has 22 heavy (non-hydrogen) atoms. The maximum absolute atomic E-state index is 2.56. The lowest BCUT2D eigenvalue weighted by Crippen LogP contribution is -2.37.